The third-order valence-corrected chi connectivity index (χ3v) is 3.63. The van der Waals surface area contributed by atoms with Gasteiger partial charge in [-0.15, -0.1) is 0 Å². The first kappa shape index (κ1) is 14.0. The van der Waals surface area contributed by atoms with Crippen LogP contribution in [0.5, 0.6) is 0 Å². The molecule has 0 fully saturated rings. The largest absolute Gasteiger partial charge is 0.427 e. The van der Waals surface area contributed by atoms with E-state index in [1.807, 2.05) is 0 Å². The van der Waals surface area contributed by atoms with E-state index in [0.29, 0.717) is 14.1 Å². The molecule has 0 aliphatic heterocycles. The molecule has 2 aromatic carbocycles. The summed E-state index contributed by atoms with van der Waals surface area (Å²) in [7, 11) is 0. The number of nitrogens with zero attached hydrogens (tertiary/aromatic N) is 1. The minimum Gasteiger partial charge on any atom is -0.409 e. The van der Waals surface area contributed by atoms with Gasteiger partial charge in [0, 0.05) is 9.50 Å². The van der Waals surface area contributed by atoms with E-state index in [1.165, 1.54) is 30.3 Å². The summed E-state index contributed by atoms with van der Waals surface area (Å²) in [6.07, 6.45) is 0. The normalized spacial score (nSPS) is 11.0. The molecule has 0 aliphatic rings. The summed E-state index contributed by atoms with van der Waals surface area (Å²) in [5.41, 5.74) is -0.771. The molecule has 0 amide bonds. The Labute approximate surface area is 130 Å². The molecular formula is C14H6BrClFNO3. The molecule has 0 spiro atoms. The van der Waals surface area contributed by atoms with Crippen LogP contribution < -0.4 is 11.3 Å². The van der Waals surface area contributed by atoms with Gasteiger partial charge in [0.25, 0.3) is 5.56 Å². The van der Waals surface area contributed by atoms with Crippen LogP contribution in [0.1, 0.15) is 0 Å². The van der Waals surface area contributed by atoms with E-state index in [0.717, 1.165) is 6.07 Å². The lowest BCUT2D eigenvalue weighted by Crippen LogP contribution is -2.31. The van der Waals surface area contributed by atoms with Crippen molar-refractivity contribution in [2.75, 3.05) is 0 Å². The van der Waals surface area contributed by atoms with Crippen molar-refractivity contribution in [2.24, 2.45) is 0 Å². The van der Waals surface area contributed by atoms with Crippen LogP contribution in [0, 0.1) is 5.82 Å². The quantitative estimate of drug-likeness (QED) is 0.659. The summed E-state index contributed by atoms with van der Waals surface area (Å²) in [6, 6.07) is 8.28. The van der Waals surface area contributed by atoms with Gasteiger partial charge in [0.15, 0.2) is 0 Å². The van der Waals surface area contributed by atoms with Gasteiger partial charge >= 0.3 is 5.76 Å². The van der Waals surface area contributed by atoms with E-state index >= 15 is 0 Å². The molecule has 0 atom stereocenters. The van der Waals surface area contributed by atoms with E-state index in [2.05, 4.69) is 15.9 Å². The highest BCUT2D eigenvalue weighted by molar-refractivity contribution is 9.10. The average Bonchev–Trinajstić information content (AvgIpc) is 2.42. The minimum absolute atomic E-state index is 0.100. The number of hydrogen-bond acceptors (Lipinski definition) is 3. The Kier molecular flexibility index (Phi) is 3.43. The lowest BCUT2D eigenvalue weighted by Gasteiger charge is -2.07. The highest BCUT2D eigenvalue weighted by atomic mass is 79.9. The van der Waals surface area contributed by atoms with Crippen LogP contribution in [-0.2, 0) is 0 Å². The van der Waals surface area contributed by atoms with Gasteiger partial charge in [0.1, 0.15) is 11.4 Å². The van der Waals surface area contributed by atoms with Crippen LogP contribution in [0.15, 0.2) is 54.9 Å². The summed E-state index contributed by atoms with van der Waals surface area (Å²) in [6.45, 7) is 0. The number of hydrogen-bond donors (Lipinski definition) is 0. The van der Waals surface area contributed by atoms with E-state index in [1.54, 1.807) is 0 Å². The van der Waals surface area contributed by atoms with Gasteiger partial charge in [-0.25, -0.2) is 13.8 Å². The first-order valence-electron chi connectivity index (χ1n) is 5.78. The summed E-state index contributed by atoms with van der Waals surface area (Å²) >= 11 is 8.94. The molecule has 106 valence electrons. The van der Waals surface area contributed by atoms with Crippen molar-refractivity contribution in [2.45, 2.75) is 0 Å². The molecule has 21 heavy (non-hydrogen) atoms. The fourth-order valence-electron chi connectivity index (χ4n) is 1.97. The fraction of sp³-hybridized carbons (Fsp3) is 0. The molecule has 0 saturated heterocycles. The number of fused-ring (bicyclic) bond motifs is 1. The molecule has 0 radical (unpaired) electrons. The zero-order chi connectivity index (χ0) is 15.1. The van der Waals surface area contributed by atoms with Gasteiger partial charge in [-0.2, -0.15) is 0 Å². The van der Waals surface area contributed by atoms with Crippen molar-refractivity contribution >= 4 is 38.5 Å². The predicted molar refractivity (Wildman–Crippen MR) is 80.7 cm³/mol. The smallest absolute Gasteiger partial charge is 0.409 e. The Morgan fingerprint density at radius 1 is 1.14 bits per heavy atom. The summed E-state index contributed by atoms with van der Waals surface area (Å²) in [4.78, 5) is 24.4. The van der Waals surface area contributed by atoms with E-state index in [9.17, 15) is 14.0 Å². The Morgan fingerprint density at radius 3 is 2.62 bits per heavy atom. The second kappa shape index (κ2) is 5.13. The Bertz CT molecular complexity index is 980. The van der Waals surface area contributed by atoms with Crippen molar-refractivity contribution in [1.82, 2.24) is 4.57 Å². The first-order chi connectivity index (χ1) is 9.97. The molecule has 1 aromatic heterocycles. The Morgan fingerprint density at radius 2 is 1.90 bits per heavy atom. The second-order valence-corrected chi connectivity index (χ2v) is 5.60. The van der Waals surface area contributed by atoms with Crippen LogP contribution in [0.3, 0.4) is 0 Å². The van der Waals surface area contributed by atoms with Gasteiger partial charge in [0.05, 0.1) is 11.1 Å². The van der Waals surface area contributed by atoms with Gasteiger partial charge in [-0.05, 0) is 36.4 Å². The van der Waals surface area contributed by atoms with Gasteiger partial charge in [-0.1, -0.05) is 27.5 Å². The zero-order valence-corrected chi connectivity index (χ0v) is 12.6. The van der Waals surface area contributed by atoms with Crippen molar-refractivity contribution in [1.29, 1.82) is 0 Å². The van der Waals surface area contributed by atoms with Gasteiger partial charge < -0.3 is 4.42 Å². The molecule has 0 saturated carbocycles. The SMILES string of the molecule is O=c1oc2ccc(Cl)cc2c(=O)n1-c1ccc(Br)cc1F. The maximum Gasteiger partial charge on any atom is 0.427 e. The standard InChI is InChI=1S/C14H6BrClFNO3/c15-7-1-3-11(10(17)5-7)18-13(19)9-6-8(16)2-4-12(9)21-14(18)20/h1-6H. The molecule has 0 bridgehead atoms. The molecule has 0 N–H and O–H groups in total. The van der Waals surface area contributed by atoms with Gasteiger partial charge in [-0.3, -0.25) is 4.79 Å². The molecule has 7 heteroatoms. The van der Waals surface area contributed by atoms with Crippen LogP contribution >= 0.6 is 27.5 Å². The predicted octanol–water partition coefficient (Wildman–Crippen LogP) is 3.50. The number of rotatable bonds is 1. The van der Waals surface area contributed by atoms with Crippen LogP contribution in [0.2, 0.25) is 5.02 Å². The third kappa shape index (κ3) is 2.41. The molecular weight excluding hydrogens is 365 g/mol. The Hall–Kier alpha value is -1.92. The van der Waals surface area contributed by atoms with E-state index < -0.39 is 17.1 Å². The third-order valence-electron chi connectivity index (χ3n) is 2.91. The highest BCUT2D eigenvalue weighted by Gasteiger charge is 2.15. The van der Waals surface area contributed by atoms with Crippen molar-refractivity contribution in [3.63, 3.8) is 0 Å². The molecule has 3 aromatic rings. The highest BCUT2D eigenvalue weighted by Crippen LogP contribution is 2.19. The zero-order valence-electron chi connectivity index (χ0n) is 10.3. The van der Waals surface area contributed by atoms with Gasteiger partial charge in [0.2, 0.25) is 0 Å². The van der Waals surface area contributed by atoms with Crippen molar-refractivity contribution < 1.29 is 8.81 Å². The molecule has 1 heterocycles. The summed E-state index contributed by atoms with van der Waals surface area (Å²) in [5.74, 6) is -1.68. The molecule has 0 aliphatic carbocycles. The summed E-state index contributed by atoms with van der Waals surface area (Å²) < 4.78 is 20.1. The molecule has 0 unspecified atom stereocenters. The first-order valence-corrected chi connectivity index (χ1v) is 6.95. The number of halogens is 3. The fourth-order valence-corrected chi connectivity index (χ4v) is 2.48. The summed E-state index contributed by atoms with van der Waals surface area (Å²) in [5, 5.41) is 0.417. The van der Waals surface area contributed by atoms with Crippen molar-refractivity contribution in [3.8, 4) is 5.69 Å². The maximum absolute atomic E-state index is 14.0. The number of benzene rings is 2. The number of aromatic nitrogens is 1. The van der Waals surface area contributed by atoms with Crippen molar-refractivity contribution in [3.05, 3.63) is 72.6 Å². The van der Waals surface area contributed by atoms with Crippen LogP contribution in [-0.4, -0.2) is 4.57 Å². The molecule has 4 nitrogen and oxygen atoms in total. The average molecular weight is 371 g/mol. The van der Waals surface area contributed by atoms with Crippen LogP contribution in [0.25, 0.3) is 16.7 Å². The van der Waals surface area contributed by atoms with E-state index in [-0.39, 0.29) is 16.7 Å². The maximum atomic E-state index is 14.0. The minimum atomic E-state index is -0.962. The Balaban J connectivity index is 2.43. The monoisotopic (exact) mass is 369 g/mol. The lowest BCUT2D eigenvalue weighted by atomic mass is 10.2. The lowest BCUT2D eigenvalue weighted by molar-refractivity contribution is 0.496. The second-order valence-electron chi connectivity index (χ2n) is 4.24. The molecule has 3 rings (SSSR count). The topological polar surface area (TPSA) is 52.2 Å². The van der Waals surface area contributed by atoms with Crippen LogP contribution in [0.4, 0.5) is 4.39 Å². The van der Waals surface area contributed by atoms with E-state index in [4.69, 9.17) is 16.0 Å².